The van der Waals surface area contributed by atoms with E-state index in [-0.39, 0.29) is 30.5 Å². The predicted molar refractivity (Wildman–Crippen MR) is 64.8 cm³/mol. The normalized spacial score (nSPS) is 33.4. The van der Waals surface area contributed by atoms with Crippen molar-refractivity contribution in [3.8, 4) is 0 Å². The highest BCUT2D eigenvalue weighted by molar-refractivity contribution is 5.85. The summed E-state index contributed by atoms with van der Waals surface area (Å²) in [6, 6.07) is 0.229. The molecule has 0 aromatic heterocycles. The van der Waals surface area contributed by atoms with Gasteiger partial charge in [-0.25, -0.2) is 0 Å². The molecule has 2 fully saturated rings. The van der Waals surface area contributed by atoms with Crippen LogP contribution in [0.2, 0.25) is 0 Å². The van der Waals surface area contributed by atoms with Gasteiger partial charge in [-0.15, -0.1) is 12.4 Å². The fraction of sp³-hybridized carbons (Fsp3) is 0.909. The first-order valence-electron chi connectivity index (χ1n) is 5.87. The second kappa shape index (κ2) is 6.42. The monoisotopic (exact) mass is 248 g/mol. The molecule has 2 aliphatic rings. The van der Waals surface area contributed by atoms with Crippen molar-refractivity contribution >= 4 is 18.3 Å². The molecule has 5 heteroatoms. The zero-order chi connectivity index (χ0) is 10.7. The van der Waals surface area contributed by atoms with E-state index >= 15 is 0 Å². The molecule has 0 spiro atoms. The molecule has 2 aliphatic heterocycles. The van der Waals surface area contributed by atoms with Crippen LogP contribution in [-0.4, -0.2) is 37.7 Å². The molecular formula is C11H21ClN2O2. The Kier molecular flexibility index (Phi) is 5.52. The lowest BCUT2D eigenvalue weighted by Gasteiger charge is -2.17. The van der Waals surface area contributed by atoms with Gasteiger partial charge in [-0.05, 0) is 38.8 Å². The minimum atomic E-state index is 0. The lowest BCUT2D eigenvalue weighted by Crippen LogP contribution is -2.40. The molecule has 0 radical (unpaired) electrons. The van der Waals surface area contributed by atoms with Gasteiger partial charge in [0.25, 0.3) is 0 Å². The third-order valence-electron chi connectivity index (χ3n) is 3.36. The van der Waals surface area contributed by atoms with Gasteiger partial charge in [0.2, 0.25) is 5.91 Å². The second-order valence-corrected chi connectivity index (χ2v) is 4.60. The van der Waals surface area contributed by atoms with Crippen LogP contribution in [0.25, 0.3) is 0 Å². The van der Waals surface area contributed by atoms with Gasteiger partial charge in [-0.3, -0.25) is 4.79 Å². The molecule has 0 aliphatic carbocycles. The van der Waals surface area contributed by atoms with E-state index in [9.17, 15) is 4.79 Å². The van der Waals surface area contributed by atoms with E-state index in [2.05, 4.69) is 10.6 Å². The first-order valence-corrected chi connectivity index (χ1v) is 5.87. The van der Waals surface area contributed by atoms with Crippen LogP contribution < -0.4 is 10.6 Å². The van der Waals surface area contributed by atoms with Gasteiger partial charge in [-0.2, -0.15) is 0 Å². The first-order chi connectivity index (χ1) is 7.25. The number of rotatable bonds is 3. The Labute approximate surface area is 103 Å². The lowest BCUT2D eigenvalue weighted by molar-refractivity contribution is -0.122. The smallest absolute Gasteiger partial charge is 0.220 e. The van der Waals surface area contributed by atoms with Crippen LogP contribution in [0.3, 0.4) is 0 Å². The molecule has 0 aromatic carbocycles. The Morgan fingerprint density at radius 1 is 1.50 bits per heavy atom. The fourth-order valence-corrected chi connectivity index (χ4v) is 2.34. The summed E-state index contributed by atoms with van der Waals surface area (Å²) in [5.74, 6) is 0.716. The van der Waals surface area contributed by atoms with Crippen LogP contribution in [0.5, 0.6) is 0 Å². The first kappa shape index (κ1) is 13.7. The zero-order valence-electron chi connectivity index (χ0n) is 9.70. The van der Waals surface area contributed by atoms with Crippen molar-refractivity contribution in [2.24, 2.45) is 5.92 Å². The number of hydrogen-bond donors (Lipinski definition) is 2. The molecule has 2 heterocycles. The van der Waals surface area contributed by atoms with Crippen LogP contribution in [-0.2, 0) is 9.53 Å². The average Bonchev–Trinajstić information content (AvgIpc) is 2.79. The minimum absolute atomic E-state index is 0. The lowest BCUT2D eigenvalue weighted by atomic mass is 10.0. The van der Waals surface area contributed by atoms with E-state index < -0.39 is 0 Å². The van der Waals surface area contributed by atoms with Gasteiger partial charge in [0.05, 0.1) is 12.1 Å². The summed E-state index contributed by atoms with van der Waals surface area (Å²) in [5.41, 5.74) is 0. The predicted octanol–water partition coefficient (Wildman–Crippen LogP) is 0.701. The topological polar surface area (TPSA) is 50.4 Å². The maximum absolute atomic E-state index is 11.7. The molecule has 16 heavy (non-hydrogen) atoms. The number of ether oxygens (including phenoxy) is 1. The third-order valence-corrected chi connectivity index (χ3v) is 3.36. The Balaban J connectivity index is 0.00000128. The summed E-state index contributed by atoms with van der Waals surface area (Å²) < 4.78 is 5.41. The van der Waals surface area contributed by atoms with E-state index in [0.717, 1.165) is 32.5 Å². The van der Waals surface area contributed by atoms with Crippen molar-refractivity contribution in [3.05, 3.63) is 0 Å². The number of nitrogens with one attached hydrogen (secondary N) is 2. The number of carbonyl (C=O) groups excluding carboxylic acids is 1. The maximum Gasteiger partial charge on any atom is 0.220 e. The second-order valence-electron chi connectivity index (χ2n) is 4.60. The molecule has 2 saturated heterocycles. The third kappa shape index (κ3) is 3.61. The number of amides is 1. The van der Waals surface area contributed by atoms with Crippen molar-refractivity contribution in [1.82, 2.24) is 10.6 Å². The van der Waals surface area contributed by atoms with Crippen LogP contribution in [0.1, 0.15) is 26.2 Å². The summed E-state index contributed by atoms with van der Waals surface area (Å²) in [4.78, 5) is 11.7. The molecule has 3 unspecified atom stereocenters. The molecule has 0 bridgehead atoms. The summed E-state index contributed by atoms with van der Waals surface area (Å²) in [6.45, 7) is 4.84. The Bertz CT molecular complexity index is 232. The molecule has 94 valence electrons. The van der Waals surface area contributed by atoms with Gasteiger partial charge >= 0.3 is 0 Å². The number of carbonyl (C=O) groups is 1. The Hall–Kier alpha value is -0.320. The molecule has 4 nitrogen and oxygen atoms in total. The van der Waals surface area contributed by atoms with Crippen LogP contribution in [0.4, 0.5) is 0 Å². The van der Waals surface area contributed by atoms with Gasteiger partial charge < -0.3 is 15.4 Å². The van der Waals surface area contributed by atoms with E-state index in [1.807, 2.05) is 6.92 Å². The molecule has 3 atom stereocenters. The fourth-order valence-electron chi connectivity index (χ4n) is 2.34. The van der Waals surface area contributed by atoms with E-state index in [1.165, 1.54) is 0 Å². The van der Waals surface area contributed by atoms with E-state index in [0.29, 0.717) is 12.3 Å². The van der Waals surface area contributed by atoms with Crippen molar-refractivity contribution < 1.29 is 9.53 Å². The Morgan fingerprint density at radius 2 is 2.31 bits per heavy atom. The quantitative estimate of drug-likeness (QED) is 0.773. The van der Waals surface area contributed by atoms with Crippen molar-refractivity contribution in [2.45, 2.75) is 38.3 Å². The largest absolute Gasteiger partial charge is 0.376 e. The average molecular weight is 249 g/mol. The number of halogens is 1. The standard InChI is InChI=1S/C11H20N2O2.ClH/c1-8-10(3-5-15-8)13-11(14)6-9-2-4-12-7-9;/h8-10,12H,2-7H2,1H3,(H,13,14);1H. The molecule has 2 N–H and O–H groups in total. The van der Waals surface area contributed by atoms with Crippen molar-refractivity contribution in [1.29, 1.82) is 0 Å². The van der Waals surface area contributed by atoms with Crippen molar-refractivity contribution in [2.75, 3.05) is 19.7 Å². The summed E-state index contributed by atoms with van der Waals surface area (Å²) in [6.07, 6.45) is 2.92. The van der Waals surface area contributed by atoms with E-state index in [1.54, 1.807) is 0 Å². The zero-order valence-corrected chi connectivity index (χ0v) is 10.5. The highest BCUT2D eigenvalue weighted by atomic mass is 35.5. The van der Waals surface area contributed by atoms with Crippen LogP contribution >= 0.6 is 12.4 Å². The van der Waals surface area contributed by atoms with Gasteiger partial charge in [0.1, 0.15) is 0 Å². The highest BCUT2D eigenvalue weighted by Crippen LogP contribution is 2.15. The summed E-state index contributed by atoms with van der Waals surface area (Å²) in [7, 11) is 0. The molecular weight excluding hydrogens is 228 g/mol. The van der Waals surface area contributed by atoms with Gasteiger partial charge in [-0.1, -0.05) is 0 Å². The van der Waals surface area contributed by atoms with Crippen LogP contribution in [0.15, 0.2) is 0 Å². The molecule has 2 rings (SSSR count). The maximum atomic E-state index is 11.7. The SMILES string of the molecule is CC1OCCC1NC(=O)CC1CCNC1.Cl. The minimum Gasteiger partial charge on any atom is -0.376 e. The highest BCUT2D eigenvalue weighted by Gasteiger charge is 2.26. The molecule has 0 saturated carbocycles. The molecule has 0 aromatic rings. The van der Waals surface area contributed by atoms with Gasteiger partial charge in [0, 0.05) is 13.0 Å². The van der Waals surface area contributed by atoms with Gasteiger partial charge in [0.15, 0.2) is 0 Å². The van der Waals surface area contributed by atoms with Crippen molar-refractivity contribution in [3.63, 3.8) is 0 Å². The summed E-state index contributed by atoms with van der Waals surface area (Å²) in [5, 5.41) is 6.34. The summed E-state index contributed by atoms with van der Waals surface area (Å²) >= 11 is 0. The number of hydrogen-bond acceptors (Lipinski definition) is 3. The molecule has 1 amide bonds. The van der Waals surface area contributed by atoms with E-state index in [4.69, 9.17) is 4.74 Å². The Morgan fingerprint density at radius 3 is 2.88 bits per heavy atom. The van der Waals surface area contributed by atoms with Crippen LogP contribution in [0, 0.1) is 5.92 Å².